The third kappa shape index (κ3) is 7.58. The molecule has 0 aliphatic heterocycles. The van der Waals surface area contributed by atoms with Crippen LogP contribution in [0.15, 0.2) is 0 Å². The predicted octanol–water partition coefficient (Wildman–Crippen LogP) is -0.573. The van der Waals surface area contributed by atoms with Crippen LogP contribution in [0.5, 0.6) is 0 Å². The Labute approximate surface area is 96.2 Å². The van der Waals surface area contributed by atoms with Crippen LogP contribution < -0.4 is 5.32 Å². The van der Waals surface area contributed by atoms with E-state index in [9.17, 15) is 4.79 Å². The van der Waals surface area contributed by atoms with Crippen molar-refractivity contribution in [2.24, 2.45) is 0 Å². The minimum absolute atomic E-state index is 0.275. The SMILES string of the molecule is CNC(COCCOCCOC)C(=O)OC. The van der Waals surface area contributed by atoms with Crippen LogP contribution in [0.3, 0.4) is 0 Å². The van der Waals surface area contributed by atoms with Crippen molar-refractivity contribution in [1.29, 1.82) is 0 Å². The van der Waals surface area contributed by atoms with Crippen molar-refractivity contribution in [3.8, 4) is 0 Å². The lowest BCUT2D eigenvalue weighted by Gasteiger charge is -2.13. The number of methoxy groups -OCH3 is 2. The van der Waals surface area contributed by atoms with Crippen molar-refractivity contribution in [2.75, 3.05) is 54.3 Å². The molecule has 6 heteroatoms. The molecule has 0 radical (unpaired) electrons. The van der Waals surface area contributed by atoms with Gasteiger partial charge in [0.1, 0.15) is 6.04 Å². The average Bonchev–Trinajstić information content (AvgIpc) is 2.32. The van der Waals surface area contributed by atoms with E-state index in [1.807, 2.05) is 0 Å². The van der Waals surface area contributed by atoms with Gasteiger partial charge in [-0.2, -0.15) is 0 Å². The smallest absolute Gasteiger partial charge is 0.325 e. The van der Waals surface area contributed by atoms with Gasteiger partial charge in [0, 0.05) is 7.11 Å². The van der Waals surface area contributed by atoms with Crippen molar-refractivity contribution < 1.29 is 23.7 Å². The molecule has 0 fully saturated rings. The molecule has 0 heterocycles. The first kappa shape index (κ1) is 15.3. The number of rotatable bonds is 10. The van der Waals surface area contributed by atoms with Gasteiger partial charge in [-0.3, -0.25) is 4.79 Å². The summed E-state index contributed by atoms with van der Waals surface area (Å²) in [6.45, 7) is 2.32. The monoisotopic (exact) mass is 235 g/mol. The zero-order chi connectivity index (χ0) is 12.2. The molecular weight excluding hydrogens is 214 g/mol. The summed E-state index contributed by atoms with van der Waals surface area (Å²) in [6.07, 6.45) is 0. The molecule has 1 unspecified atom stereocenters. The Balaban J connectivity index is 3.38. The molecule has 0 aromatic carbocycles. The van der Waals surface area contributed by atoms with Gasteiger partial charge in [-0.25, -0.2) is 0 Å². The molecule has 96 valence electrons. The van der Waals surface area contributed by atoms with Gasteiger partial charge in [-0.05, 0) is 7.05 Å². The zero-order valence-corrected chi connectivity index (χ0v) is 10.2. The van der Waals surface area contributed by atoms with E-state index in [2.05, 4.69) is 10.1 Å². The van der Waals surface area contributed by atoms with Crippen LogP contribution in [0.25, 0.3) is 0 Å². The van der Waals surface area contributed by atoms with E-state index in [-0.39, 0.29) is 12.6 Å². The third-order valence-electron chi connectivity index (χ3n) is 1.92. The van der Waals surface area contributed by atoms with Gasteiger partial charge in [0.05, 0.1) is 40.1 Å². The summed E-state index contributed by atoms with van der Waals surface area (Å²) in [6, 6.07) is -0.427. The molecule has 0 aromatic rings. The summed E-state index contributed by atoms with van der Waals surface area (Å²) in [4.78, 5) is 11.1. The molecule has 0 amide bonds. The van der Waals surface area contributed by atoms with E-state index < -0.39 is 6.04 Å². The maximum absolute atomic E-state index is 11.1. The van der Waals surface area contributed by atoms with Crippen molar-refractivity contribution in [3.63, 3.8) is 0 Å². The summed E-state index contributed by atoms with van der Waals surface area (Å²) in [5.74, 6) is -0.331. The molecule has 0 aromatic heterocycles. The molecule has 0 aliphatic rings. The summed E-state index contributed by atoms with van der Waals surface area (Å²) < 4.78 is 19.8. The number of carbonyl (C=O) groups is 1. The lowest BCUT2D eigenvalue weighted by atomic mass is 10.3. The van der Waals surface area contributed by atoms with Gasteiger partial charge < -0.3 is 24.3 Å². The van der Waals surface area contributed by atoms with Gasteiger partial charge in [-0.15, -0.1) is 0 Å². The standard InChI is InChI=1S/C10H21NO5/c1-11-9(10(12)14-3)8-16-7-6-15-5-4-13-2/h9,11H,4-8H2,1-3H3. The number of esters is 1. The average molecular weight is 235 g/mol. The van der Waals surface area contributed by atoms with E-state index in [4.69, 9.17) is 14.2 Å². The first-order valence-electron chi connectivity index (χ1n) is 5.15. The van der Waals surface area contributed by atoms with E-state index in [0.29, 0.717) is 26.4 Å². The maximum atomic E-state index is 11.1. The fraction of sp³-hybridized carbons (Fsp3) is 0.900. The lowest BCUT2D eigenvalue weighted by molar-refractivity contribution is -0.144. The normalized spacial score (nSPS) is 12.4. The first-order chi connectivity index (χ1) is 7.76. The highest BCUT2D eigenvalue weighted by Crippen LogP contribution is 1.89. The first-order valence-corrected chi connectivity index (χ1v) is 5.15. The topological polar surface area (TPSA) is 66.0 Å². The highest BCUT2D eigenvalue weighted by atomic mass is 16.5. The van der Waals surface area contributed by atoms with Crippen LogP contribution >= 0.6 is 0 Å². The molecular formula is C10H21NO5. The van der Waals surface area contributed by atoms with Crippen molar-refractivity contribution in [2.45, 2.75) is 6.04 Å². The van der Waals surface area contributed by atoms with Crippen LogP contribution in [0.1, 0.15) is 0 Å². The van der Waals surface area contributed by atoms with E-state index in [1.165, 1.54) is 7.11 Å². The van der Waals surface area contributed by atoms with Crippen LogP contribution in [-0.4, -0.2) is 66.3 Å². The highest BCUT2D eigenvalue weighted by molar-refractivity contribution is 5.75. The minimum atomic E-state index is -0.427. The second kappa shape index (κ2) is 10.8. The minimum Gasteiger partial charge on any atom is -0.468 e. The van der Waals surface area contributed by atoms with Gasteiger partial charge in [0.25, 0.3) is 0 Å². The second-order valence-corrected chi connectivity index (χ2v) is 3.04. The quantitative estimate of drug-likeness (QED) is 0.404. The number of likely N-dealkylation sites (N-methyl/N-ethyl adjacent to an activating group) is 1. The second-order valence-electron chi connectivity index (χ2n) is 3.04. The Bertz CT molecular complexity index is 177. The van der Waals surface area contributed by atoms with Crippen LogP contribution in [0, 0.1) is 0 Å². The molecule has 0 spiro atoms. The predicted molar refractivity (Wildman–Crippen MR) is 58.4 cm³/mol. The van der Waals surface area contributed by atoms with Gasteiger partial charge in [0.2, 0.25) is 0 Å². The molecule has 6 nitrogen and oxygen atoms in total. The van der Waals surface area contributed by atoms with Crippen LogP contribution in [-0.2, 0) is 23.7 Å². The molecule has 0 rings (SSSR count). The lowest BCUT2D eigenvalue weighted by Crippen LogP contribution is -2.39. The molecule has 0 aliphatic carbocycles. The zero-order valence-electron chi connectivity index (χ0n) is 10.2. The Morgan fingerprint density at radius 1 is 1.12 bits per heavy atom. The van der Waals surface area contributed by atoms with Crippen molar-refractivity contribution in [3.05, 3.63) is 0 Å². The largest absolute Gasteiger partial charge is 0.468 e. The van der Waals surface area contributed by atoms with Gasteiger partial charge >= 0.3 is 5.97 Å². The van der Waals surface area contributed by atoms with E-state index in [0.717, 1.165) is 0 Å². The Morgan fingerprint density at radius 3 is 2.31 bits per heavy atom. The summed E-state index contributed by atoms with van der Waals surface area (Å²) >= 11 is 0. The fourth-order valence-electron chi connectivity index (χ4n) is 0.975. The number of hydrogen-bond donors (Lipinski definition) is 1. The number of ether oxygens (including phenoxy) is 4. The number of hydrogen-bond acceptors (Lipinski definition) is 6. The van der Waals surface area contributed by atoms with Gasteiger partial charge in [0.15, 0.2) is 0 Å². The Kier molecular flexibility index (Phi) is 10.3. The number of nitrogens with one attached hydrogen (secondary N) is 1. The maximum Gasteiger partial charge on any atom is 0.325 e. The van der Waals surface area contributed by atoms with Crippen molar-refractivity contribution >= 4 is 5.97 Å². The third-order valence-corrected chi connectivity index (χ3v) is 1.92. The van der Waals surface area contributed by atoms with Crippen molar-refractivity contribution in [1.82, 2.24) is 5.32 Å². The molecule has 0 saturated heterocycles. The summed E-state index contributed by atoms with van der Waals surface area (Å²) in [5.41, 5.74) is 0. The van der Waals surface area contributed by atoms with Crippen LogP contribution in [0.4, 0.5) is 0 Å². The van der Waals surface area contributed by atoms with Crippen LogP contribution in [0.2, 0.25) is 0 Å². The molecule has 1 atom stereocenters. The summed E-state index contributed by atoms with van der Waals surface area (Å²) in [7, 11) is 4.65. The Morgan fingerprint density at radius 2 is 1.75 bits per heavy atom. The highest BCUT2D eigenvalue weighted by Gasteiger charge is 2.16. The van der Waals surface area contributed by atoms with E-state index in [1.54, 1.807) is 14.2 Å². The van der Waals surface area contributed by atoms with Gasteiger partial charge in [-0.1, -0.05) is 0 Å². The fourth-order valence-corrected chi connectivity index (χ4v) is 0.975. The van der Waals surface area contributed by atoms with E-state index >= 15 is 0 Å². The molecule has 0 bridgehead atoms. The molecule has 0 saturated carbocycles. The molecule has 1 N–H and O–H groups in total. The Hall–Kier alpha value is -0.690. The molecule has 16 heavy (non-hydrogen) atoms. The number of carbonyl (C=O) groups excluding carboxylic acids is 1. The summed E-state index contributed by atoms with van der Waals surface area (Å²) in [5, 5.41) is 2.80.